The normalized spacial score (nSPS) is 23.0. The van der Waals surface area contributed by atoms with Gasteiger partial charge in [-0.3, -0.25) is 4.79 Å². The van der Waals surface area contributed by atoms with Crippen LogP contribution < -0.4 is 11.1 Å². The lowest BCUT2D eigenvalue weighted by Crippen LogP contribution is -2.41. The number of rotatable bonds is 4. The summed E-state index contributed by atoms with van der Waals surface area (Å²) in [6.07, 6.45) is 2.92. The second-order valence-corrected chi connectivity index (χ2v) is 6.48. The fraction of sp³-hybridized carbons (Fsp3) is 0.562. The van der Waals surface area contributed by atoms with Crippen LogP contribution in [0.1, 0.15) is 33.1 Å². The highest BCUT2D eigenvalue weighted by atomic mass is 35.5. The van der Waals surface area contributed by atoms with E-state index in [1.807, 2.05) is 0 Å². The van der Waals surface area contributed by atoms with E-state index in [0.29, 0.717) is 28.9 Å². The molecule has 0 aromatic heterocycles. The lowest BCUT2D eigenvalue weighted by molar-refractivity contribution is -0.116. The molecule has 0 spiro atoms. The van der Waals surface area contributed by atoms with Crippen molar-refractivity contribution in [1.82, 2.24) is 4.90 Å². The Labute approximate surface area is 131 Å². The first-order valence-corrected chi connectivity index (χ1v) is 7.92. The summed E-state index contributed by atoms with van der Waals surface area (Å²) in [4.78, 5) is 14.4. The smallest absolute Gasteiger partial charge is 0.225 e. The monoisotopic (exact) mass is 309 g/mol. The van der Waals surface area contributed by atoms with Crippen LogP contribution in [0.3, 0.4) is 0 Å². The summed E-state index contributed by atoms with van der Waals surface area (Å²) in [7, 11) is 0. The predicted octanol–water partition coefficient (Wildman–Crippen LogP) is 3.37. The third-order valence-electron chi connectivity index (χ3n) is 4.19. The number of halogens is 1. The molecule has 3 N–H and O–H groups in total. The molecule has 0 radical (unpaired) electrons. The molecular formula is C16H24ClN3O. The molecule has 1 amide bonds. The number of nitrogens with zero attached hydrogens (tertiary/aromatic N) is 1. The van der Waals surface area contributed by atoms with Gasteiger partial charge in [-0.25, -0.2) is 0 Å². The highest BCUT2D eigenvalue weighted by Gasteiger charge is 2.22. The summed E-state index contributed by atoms with van der Waals surface area (Å²) >= 11 is 5.84. The minimum Gasteiger partial charge on any atom is -0.397 e. The fourth-order valence-corrected chi connectivity index (χ4v) is 3.07. The van der Waals surface area contributed by atoms with E-state index in [4.69, 9.17) is 17.3 Å². The standard InChI is InChI=1S/C16H24ClN3O/c1-11-5-7-20(12(2)9-11)8-6-16(21)19-15-4-3-13(17)10-14(15)18/h3-4,10-12H,5-9,18H2,1-2H3,(H,19,21). The maximum Gasteiger partial charge on any atom is 0.225 e. The first kappa shape index (κ1) is 16.1. The van der Waals surface area contributed by atoms with Gasteiger partial charge in [-0.05, 0) is 50.4 Å². The van der Waals surface area contributed by atoms with Crippen LogP contribution in [-0.4, -0.2) is 29.9 Å². The van der Waals surface area contributed by atoms with Crippen LogP contribution >= 0.6 is 11.6 Å². The Hall–Kier alpha value is -1.26. The minimum absolute atomic E-state index is 0.00477. The molecule has 1 aromatic carbocycles. The molecule has 1 aliphatic heterocycles. The van der Waals surface area contributed by atoms with Gasteiger partial charge >= 0.3 is 0 Å². The SMILES string of the molecule is CC1CCN(CCC(=O)Nc2ccc(Cl)cc2N)C(C)C1. The molecule has 2 unspecified atom stereocenters. The van der Waals surface area contributed by atoms with E-state index in [1.54, 1.807) is 18.2 Å². The number of likely N-dealkylation sites (tertiary alicyclic amines) is 1. The van der Waals surface area contributed by atoms with Gasteiger partial charge in [0.25, 0.3) is 0 Å². The maximum atomic E-state index is 12.0. The molecule has 4 nitrogen and oxygen atoms in total. The zero-order valence-corrected chi connectivity index (χ0v) is 13.5. The predicted molar refractivity (Wildman–Crippen MR) is 88.5 cm³/mol. The summed E-state index contributed by atoms with van der Waals surface area (Å²) in [5.74, 6) is 0.786. The summed E-state index contributed by atoms with van der Waals surface area (Å²) in [6, 6.07) is 5.66. The zero-order chi connectivity index (χ0) is 15.4. The molecule has 21 heavy (non-hydrogen) atoms. The van der Waals surface area contributed by atoms with Crippen LogP contribution in [0.5, 0.6) is 0 Å². The van der Waals surface area contributed by atoms with Gasteiger partial charge in [-0.15, -0.1) is 0 Å². The molecular weight excluding hydrogens is 286 g/mol. The molecule has 1 aromatic rings. The Kier molecular flexibility index (Phi) is 5.48. The Morgan fingerprint density at radius 3 is 2.90 bits per heavy atom. The number of amides is 1. The van der Waals surface area contributed by atoms with Crippen LogP contribution in [-0.2, 0) is 4.79 Å². The van der Waals surface area contributed by atoms with E-state index in [9.17, 15) is 4.79 Å². The summed E-state index contributed by atoms with van der Waals surface area (Å²) < 4.78 is 0. The average molecular weight is 310 g/mol. The second-order valence-electron chi connectivity index (χ2n) is 6.04. The number of nitrogens with two attached hydrogens (primary N) is 1. The van der Waals surface area contributed by atoms with Gasteiger partial charge in [0.1, 0.15) is 0 Å². The van der Waals surface area contributed by atoms with Crippen molar-refractivity contribution in [2.45, 2.75) is 39.2 Å². The van der Waals surface area contributed by atoms with E-state index in [-0.39, 0.29) is 5.91 Å². The Morgan fingerprint density at radius 1 is 1.48 bits per heavy atom. The topological polar surface area (TPSA) is 58.4 Å². The lowest BCUT2D eigenvalue weighted by Gasteiger charge is -2.36. The van der Waals surface area contributed by atoms with Crippen molar-refractivity contribution in [3.05, 3.63) is 23.2 Å². The van der Waals surface area contributed by atoms with Gasteiger partial charge in [-0.2, -0.15) is 0 Å². The van der Waals surface area contributed by atoms with Crippen LogP contribution in [0, 0.1) is 5.92 Å². The van der Waals surface area contributed by atoms with Crippen molar-refractivity contribution in [3.63, 3.8) is 0 Å². The number of benzene rings is 1. The zero-order valence-electron chi connectivity index (χ0n) is 12.7. The number of piperidine rings is 1. The molecule has 1 fully saturated rings. The number of hydrogen-bond acceptors (Lipinski definition) is 3. The summed E-state index contributed by atoms with van der Waals surface area (Å²) in [5.41, 5.74) is 6.96. The number of carbonyl (C=O) groups is 1. The molecule has 1 saturated heterocycles. The van der Waals surface area contributed by atoms with Crippen molar-refractivity contribution < 1.29 is 4.79 Å². The number of nitrogens with one attached hydrogen (secondary N) is 1. The third-order valence-corrected chi connectivity index (χ3v) is 4.42. The van der Waals surface area contributed by atoms with Gasteiger partial charge in [-0.1, -0.05) is 18.5 Å². The van der Waals surface area contributed by atoms with Crippen LogP contribution in [0.15, 0.2) is 18.2 Å². The fourth-order valence-electron chi connectivity index (χ4n) is 2.89. The highest BCUT2D eigenvalue weighted by molar-refractivity contribution is 6.31. The average Bonchev–Trinajstić information content (AvgIpc) is 2.41. The van der Waals surface area contributed by atoms with Crippen molar-refractivity contribution >= 4 is 28.9 Å². The lowest BCUT2D eigenvalue weighted by atomic mass is 9.93. The molecule has 116 valence electrons. The van der Waals surface area contributed by atoms with Gasteiger partial charge in [0, 0.05) is 24.0 Å². The van der Waals surface area contributed by atoms with Crippen molar-refractivity contribution in [2.75, 3.05) is 24.1 Å². The molecule has 2 atom stereocenters. The van der Waals surface area contributed by atoms with Crippen LogP contribution in [0.25, 0.3) is 0 Å². The third kappa shape index (κ3) is 4.61. The molecule has 1 aliphatic rings. The Bertz CT molecular complexity index is 506. The van der Waals surface area contributed by atoms with E-state index in [0.717, 1.165) is 19.0 Å². The van der Waals surface area contributed by atoms with Gasteiger partial charge in [0.15, 0.2) is 0 Å². The number of anilines is 2. The molecule has 0 bridgehead atoms. The van der Waals surface area contributed by atoms with E-state index < -0.39 is 0 Å². The van der Waals surface area contributed by atoms with E-state index in [2.05, 4.69) is 24.1 Å². The van der Waals surface area contributed by atoms with Crippen LogP contribution in [0.4, 0.5) is 11.4 Å². The van der Waals surface area contributed by atoms with Crippen molar-refractivity contribution in [3.8, 4) is 0 Å². The molecule has 1 heterocycles. The minimum atomic E-state index is -0.00477. The molecule has 2 rings (SSSR count). The summed E-state index contributed by atoms with van der Waals surface area (Å²) in [5, 5.41) is 3.42. The van der Waals surface area contributed by atoms with E-state index in [1.165, 1.54) is 12.8 Å². The molecule has 0 aliphatic carbocycles. The maximum absolute atomic E-state index is 12.0. The van der Waals surface area contributed by atoms with E-state index >= 15 is 0 Å². The largest absolute Gasteiger partial charge is 0.397 e. The Balaban J connectivity index is 1.82. The van der Waals surface area contributed by atoms with Gasteiger partial charge < -0.3 is 16.0 Å². The van der Waals surface area contributed by atoms with Crippen molar-refractivity contribution in [1.29, 1.82) is 0 Å². The van der Waals surface area contributed by atoms with Gasteiger partial charge in [0.05, 0.1) is 11.4 Å². The summed E-state index contributed by atoms with van der Waals surface area (Å²) in [6.45, 7) is 6.42. The van der Waals surface area contributed by atoms with Crippen LogP contribution in [0.2, 0.25) is 5.02 Å². The first-order valence-electron chi connectivity index (χ1n) is 7.54. The number of hydrogen-bond donors (Lipinski definition) is 2. The number of nitrogen functional groups attached to an aromatic ring is 1. The van der Waals surface area contributed by atoms with Gasteiger partial charge in [0.2, 0.25) is 5.91 Å². The molecule has 0 saturated carbocycles. The molecule has 5 heteroatoms. The first-order chi connectivity index (χ1) is 9.95. The quantitative estimate of drug-likeness (QED) is 0.838. The Morgan fingerprint density at radius 2 is 2.24 bits per heavy atom. The van der Waals surface area contributed by atoms with Crippen molar-refractivity contribution in [2.24, 2.45) is 5.92 Å². The second kappa shape index (κ2) is 7.14. The number of carbonyl (C=O) groups excluding carboxylic acids is 1. The highest BCUT2D eigenvalue weighted by Crippen LogP contribution is 2.24.